The molecule has 6 heteroatoms. The number of rotatable bonds is 7. The smallest absolute Gasteiger partial charge is 0.191 e. The van der Waals surface area contributed by atoms with E-state index in [2.05, 4.69) is 41.2 Å². The van der Waals surface area contributed by atoms with Gasteiger partial charge in [0.05, 0.1) is 19.8 Å². The van der Waals surface area contributed by atoms with Crippen LogP contribution < -0.4 is 10.6 Å². The molecule has 0 saturated carbocycles. The molecule has 0 aliphatic carbocycles. The van der Waals surface area contributed by atoms with Crippen LogP contribution in [-0.4, -0.2) is 86.9 Å². The lowest BCUT2D eigenvalue weighted by Crippen LogP contribution is -2.46. The first-order chi connectivity index (χ1) is 11.2. The van der Waals surface area contributed by atoms with Gasteiger partial charge in [-0.25, -0.2) is 0 Å². The van der Waals surface area contributed by atoms with E-state index in [-0.39, 0.29) is 0 Å². The Morgan fingerprint density at radius 3 is 2.70 bits per heavy atom. The Kier molecular flexibility index (Phi) is 8.12. The third kappa shape index (κ3) is 5.94. The summed E-state index contributed by atoms with van der Waals surface area (Å²) in [6.45, 7) is 15.5. The molecule has 23 heavy (non-hydrogen) atoms. The van der Waals surface area contributed by atoms with Gasteiger partial charge in [0, 0.05) is 38.3 Å². The van der Waals surface area contributed by atoms with Gasteiger partial charge in [-0.05, 0) is 39.8 Å². The molecule has 2 aliphatic heterocycles. The Labute approximate surface area is 141 Å². The predicted molar refractivity (Wildman–Crippen MR) is 96.1 cm³/mol. The fourth-order valence-corrected chi connectivity index (χ4v) is 3.46. The normalized spacial score (nSPS) is 25.5. The van der Waals surface area contributed by atoms with Crippen LogP contribution in [0.3, 0.4) is 0 Å². The largest absolute Gasteiger partial charge is 0.379 e. The van der Waals surface area contributed by atoms with Crippen molar-refractivity contribution >= 4 is 5.96 Å². The van der Waals surface area contributed by atoms with Crippen LogP contribution in [0.5, 0.6) is 0 Å². The highest BCUT2D eigenvalue weighted by molar-refractivity contribution is 5.79. The molecule has 2 atom stereocenters. The number of guanidine groups is 1. The zero-order valence-corrected chi connectivity index (χ0v) is 15.2. The highest BCUT2D eigenvalue weighted by atomic mass is 16.5. The molecule has 134 valence electrons. The lowest BCUT2D eigenvalue weighted by Gasteiger charge is -2.31. The SMILES string of the molecule is CCNC(=NCC(C)N1CCOCC1)NCC1CCCN1CC. The second kappa shape index (κ2) is 10.1. The molecule has 0 spiro atoms. The molecule has 2 heterocycles. The quantitative estimate of drug-likeness (QED) is 0.534. The van der Waals surface area contributed by atoms with Crippen LogP contribution in [0.4, 0.5) is 0 Å². The fourth-order valence-electron chi connectivity index (χ4n) is 3.46. The van der Waals surface area contributed by atoms with E-state index in [1.54, 1.807) is 0 Å². The van der Waals surface area contributed by atoms with E-state index < -0.39 is 0 Å². The molecular formula is C17H35N5O. The number of morpholine rings is 1. The van der Waals surface area contributed by atoms with Crippen LogP contribution in [0.25, 0.3) is 0 Å². The van der Waals surface area contributed by atoms with Crippen molar-refractivity contribution in [3.8, 4) is 0 Å². The van der Waals surface area contributed by atoms with E-state index in [0.717, 1.165) is 58.4 Å². The molecule has 2 rings (SSSR count). The number of likely N-dealkylation sites (N-methyl/N-ethyl adjacent to an activating group) is 1. The Hall–Kier alpha value is -0.850. The van der Waals surface area contributed by atoms with E-state index in [0.29, 0.717) is 12.1 Å². The topological polar surface area (TPSA) is 52.1 Å². The van der Waals surface area contributed by atoms with Gasteiger partial charge in [0.2, 0.25) is 0 Å². The maximum atomic E-state index is 5.42. The minimum Gasteiger partial charge on any atom is -0.379 e. The number of hydrogen-bond donors (Lipinski definition) is 2. The molecule has 0 bridgehead atoms. The summed E-state index contributed by atoms with van der Waals surface area (Å²) in [5.41, 5.74) is 0. The Morgan fingerprint density at radius 2 is 2.00 bits per heavy atom. The van der Waals surface area contributed by atoms with Crippen molar-refractivity contribution in [3.63, 3.8) is 0 Å². The van der Waals surface area contributed by atoms with Crippen LogP contribution in [0.2, 0.25) is 0 Å². The summed E-state index contributed by atoms with van der Waals surface area (Å²) in [5.74, 6) is 0.954. The van der Waals surface area contributed by atoms with Gasteiger partial charge in [-0.2, -0.15) is 0 Å². The summed E-state index contributed by atoms with van der Waals surface area (Å²) < 4.78 is 5.42. The summed E-state index contributed by atoms with van der Waals surface area (Å²) in [6, 6.07) is 1.12. The number of aliphatic imine (C=N–C) groups is 1. The average molecular weight is 326 g/mol. The van der Waals surface area contributed by atoms with Crippen molar-refractivity contribution in [2.24, 2.45) is 4.99 Å². The Balaban J connectivity index is 1.79. The molecule has 2 saturated heterocycles. The van der Waals surface area contributed by atoms with Crippen LogP contribution in [0.1, 0.15) is 33.6 Å². The first kappa shape index (κ1) is 18.5. The van der Waals surface area contributed by atoms with Crippen molar-refractivity contribution < 1.29 is 4.74 Å². The van der Waals surface area contributed by atoms with Gasteiger partial charge in [0.1, 0.15) is 0 Å². The molecule has 2 N–H and O–H groups in total. The minimum absolute atomic E-state index is 0.466. The van der Waals surface area contributed by atoms with Crippen LogP contribution >= 0.6 is 0 Å². The van der Waals surface area contributed by atoms with Gasteiger partial charge in [0.15, 0.2) is 5.96 Å². The lowest BCUT2D eigenvalue weighted by atomic mass is 10.2. The highest BCUT2D eigenvalue weighted by Gasteiger charge is 2.23. The van der Waals surface area contributed by atoms with Gasteiger partial charge < -0.3 is 15.4 Å². The minimum atomic E-state index is 0.466. The number of nitrogens with zero attached hydrogens (tertiary/aromatic N) is 3. The van der Waals surface area contributed by atoms with Gasteiger partial charge in [-0.1, -0.05) is 6.92 Å². The molecule has 0 aromatic rings. The lowest BCUT2D eigenvalue weighted by molar-refractivity contribution is 0.0220. The second-order valence-electron chi connectivity index (χ2n) is 6.52. The molecular weight excluding hydrogens is 290 g/mol. The Bertz CT molecular complexity index is 357. The number of ether oxygens (including phenoxy) is 1. The number of likely N-dealkylation sites (tertiary alicyclic amines) is 1. The molecule has 6 nitrogen and oxygen atoms in total. The predicted octanol–water partition coefficient (Wildman–Crippen LogP) is 0.747. The van der Waals surface area contributed by atoms with Crippen molar-refractivity contribution in [2.75, 3.05) is 59.0 Å². The monoisotopic (exact) mass is 325 g/mol. The fraction of sp³-hybridized carbons (Fsp3) is 0.941. The van der Waals surface area contributed by atoms with Crippen molar-refractivity contribution in [1.29, 1.82) is 0 Å². The molecule has 0 amide bonds. The van der Waals surface area contributed by atoms with Crippen LogP contribution in [0, 0.1) is 0 Å². The molecule has 2 unspecified atom stereocenters. The zero-order valence-electron chi connectivity index (χ0n) is 15.2. The maximum Gasteiger partial charge on any atom is 0.191 e. The molecule has 0 aromatic carbocycles. The molecule has 0 aromatic heterocycles. The van der Waals surface area contributed by atoms with Crippen molar-refractivity contribution in [1.82, 2.24) is 20.4 Å². The van der Waals surface area contributed by atoms with E-state index in [4.69, 9.17) is 9.73 Å². The van der Waals surface area contributed by atoms with Gasteiger partial charge in [0.25, 0.3) is 0 Å². The highest BCUT2D eigenvalue weighted by Crippen LogP contribution is 2.15. The zero-order chi connectivity index (χ0) is 16.5. The first-order valence-electron chi connectivity index (χ1n) is 9.32. The summed E-state index contributed by atoms with van der Waals surface area (Å²) in [5, 5.41) is 6.91. The standard InChI is InChI=1S/C17H35N5O/c1-4-18-17(20-14-16-7-6-8-21(16)5-2)19-13-15(3)22-9-11-23-12-10-22/h15-16H,4-14H2,1-3H3,(H2,18,19,20). The summed E-state index contributed by atoms with van der Waals surface area (Å²) >= 11 is 0. The molecule has 2 aliphatic rings. The number of nitrogens with one attached hydrogen (secondary N) is 2. The van der Waals surface area contributed by atoms with Crippen molar-refractivity contribution in [3.05, 3.63) is 0 Å². The van der Waals surface area contributed by atoms with E-state index in [1.807, 2.05) is 0 Å². The first-order valence-corrected chi connectivity index (χ1v) is 9.32. The summed E-state index contributed by atoms with van der Waals surface area (Å²) in [4.78, 5) is 9.82. The van der Waals surface area contributed by atoms with Crippen LogP contribution in [-0.2, 0) is 4.74 Å². The van der Waals surface area contributed by atoms with Crippen molar-refractivity contribution in [2.45, 2.75) is 45.7 Å². The average Bonchev–Trinajstić information content (AvgIpc) is 3.05. The third-order valence-electron chi connectivity index (χ3n) is 4.94. The third-order valence-corrected chi connectivity index (χ3v) is 4.94. The van der Waals surface area contributed by atoms with E-state index in [9.17, 15) is 0 Å². The number of hydrogen-bond acceptors (Lipinski definition) is 4. The summed E-state index contributed by atoms with van der Waals surface area (Å²) in [7, 11) is 0. The van der Waals surface area contributed by atoms with E-state index in [1.165, 1.54) is 19.4 Å². The summed E-state index contributed by atoms with van der Waals surface area (Å²) in [6.07, 6.45) is 2.62. The maximum absolute atomic E-state index is 5.42. The Morgan fingerprint density at radius 1 is 1.22 bits per heavy atom. The second-order valence-corrected chi connectivity index (χ2v) is 6.52. The van der Waals surface area contributed by atoms with E-state index >= 15 is 0 Å². The van der Waals surface area contributed by atoms with Crippen LogP contribution in [0.15, 0.2) is 4.99 Å². The van der Waals surface area contributed by atoms with Gasteiger partial charge >= 0.3 is 0 Å². The molecule has 0 radical (unpaired) electrons. The van der Waals surface area contributed by atoms with Gasteiger partial charge in [-0.15, -0.1) is 0 Å². The van der Waals surface area contributed by atoms with Gasteiger partial charge in [-0.3, -0.25) is 14.8 Å². The molecule has 2 fully saturated rings.